The SMILES string of the molecule is C1=C(c2ccccc2)CC(OCc2ccccc2)(OCc2ccccc2)C(/C=N/c2ccccc2)=C1. The van der Waals surface area contributed by atoms with Gasteiger partial charge in [-0.2, -0.15) is 0 Å². The van der Waals surface area contributed by atoms with Crippen LogP contribution in [0.1, 0.15) is 23.1 Å². The van der Waals surface area contributed by atoms with E-state index in [4.69, 9.17) is 14.5 Å². The van der Waals surface area contributed by atoms with E-state index < -0.39 is 5.79 Å². The molecule has 0 aliphatic heterocycles. The molecule has 1 aliphatic rings. The molecule has 0 N–H and O–H groups in total. The molecular formula is C33H29NO2. The highest BCUT2D eigenvalue weighted by atomic mass is 16.7. The first-order valence-corrected chi connectivity index (χ1v) is 12.2. The van der Waals surface area contributed by atoms with Crippen LogP contribution in [0.2, 0.25) is 0 Å². The molecule has 4 aromatic rings. The monoisotopic (exact) mass is 471 g/mol. The second kappa shape index (κ2) is 11.6. The van der Waals surface area contributed by atoms with Crippen LogP contribution in [-0.4, -0.2) is 12.0 Å². The summed E-state index contributed by atoms with van der Waals surface area (Å²) in [6.45, 7) is 0.850. The molecule has 0 radical (unpaired) electrons. The van der Waals surface area contributed by atoms with Gasteiger partial charge in [-0.3, -0.25) is 4.99 Å². The number of hydrogen-bond acceptors (Lipinski definition) is 3. The molecule has 5 rings (SSSR count). The van der Waals surface area contributed by atoms with Crippen molar-refractivity contribution in [1.29, 1.82) is 0 Å². The van der Waals surface area contributed by atoms with Crippen molar-refractivity contribution in [2.45, 2.75) is 25.4 Å². The summed E-state index contributed by atoms with van der Waals surface area (Å²) in [6.07, 6.45) is 6.68. The molecule has 0 bridgehead atoms. The average Bonchev–Trinajstić information content (AvgIpc) is 2.96. The number of allylic oxidation sites excluding steroid dienone is 2. The largest absolute Gasteiger partial charge is 0.341 e. The average molecular weight is 472 g/mol. The fourth-order valence-corrected chi connectivity index (χ4v) is 4.24. The number of rotatable bonds is 9. The fourth-order valence-electron chi connectivity index (χ4n) is 4.24. The van der Waals surface area contributed by atoms with E-state index in [9.17, 15) is 0 Å². The minimum absolute atomic E-state index is 0.425. The van der Waals surface area contributed by atoms with Crippen molar-refractivity contribution in [3.05, 3.63) is 156 Å². The van der Waals surface area contributed by atoms with Crippen LogP contribution >= 0.6 is 0 Å². The summed E-state index contributed by atoms with van der Waals surface area (Å²) in [4.78, 5) is 4.75. The van der Waals surface area contributed by atoms with E-state index in [2.05, 4.69) is 60.7 Å². The fraction of sp³-hybridized carbons (Fsp3) is 0.121. The van der Waals surface area contributed by atoms with E-state index in [1.54, 1.807) is 0 Å². The third-order valence-electron chi connectivity index (χ3n) is 6.21. The van der Waals surface area contributed by atoms with Gasteiger partial charge in [0.1, 0.15) is 0 Å². The lowest BCUT2D eigenvalue weighted by molar-refractivity contribution is -0.218. The highest BCUT2D eigenvalue weighted by Gasteiger charge is 2.39. The van der Waals surface area contributed by atoms with Gasteiger partial charge in [0.15, 0.2) is 0 Å². The van der Waals surface area contributed by atoms with Crippen molar-refractivity contribution >= 4 is 17.5 Å². The number of ether oxygens (including phenoxy) is 2. The minimum atomic E-state index is -0.996. The van der Waals surface area contributed by atoms with Gasteiger partial charge < -0.3 is 9.47 Å². The minimum Gasteiger partial charge on any atom is -0.341 e. The molecule has 0 amide bonds. The number of para-hydroxylation sites is 1. The Morgan fingerprint density at radius 3 is 1.67 bits per heavy atom. The third kappa shape index (κ3) is 5.95. The first-order chi connectivity index (χ1) is 17.8. The maximum absolute atomic E-state index is 6.71. The first-order valence-electron chi connectivity index (χ1n) is 12.2. The van der Waals surface area contributed by atoms with Gasteiger partial charge in [-0.05, 0) is 34.4 Å². The van der Waals surface area contributed by atoms with Crippen LogP contribution in [-0.2, 0) is 22.7 Å². The summed E-state index contributed by atoms with van der Waals surface area (Å²) in [5.74, 6) is -0.996. The van der Waals surface area contributed by atoms with Gasteiger partial charge in [0.05, 0.1) is 18.9 Å². The summed E-state index contributed by atoms with van der Waals surface area (Å²) in [5.41, 5.74) is 6.28. The topological polar surface area (TPSA) is 30.8 Å². The zero-order valence-corrected chi connectivity index (χ0v) is 20.2. The summed E-state index contributed by atoms with van der Waals surface area (Å²) < 4.78 is 13.4. The van der Waals surface area contributed by atoms with Gasteiger partial charge >= 0.3 is 0 Å². The molecule has 178 valence electrons. The van der Waals surface area contributed by atoms with Crippen molar-refractivity contribution in [3.63, 3.8) is 0 Å². The maximum Gasteiger partial charge on any atom is 0.201 e. The Labute approximate surface area is 213 Å². The van der Waals surface area contributed by atoms with Crippen molar-refractivity contribution in [2.24, 2.45) is 4.99 Å². The molecule has 0 saturated carbocycles. The zero-order valence-electron chi connectivity index (χ0n) is 20.2. The number of nitrogens with zero attached hydrogens (tertiary/aromatic N) is 1. The molecular weight excluding hydrogens is 442 g/mol. The Hall–Kier alpha value is -4.05. The van der Waals surface area contributed by atoms with E-state index in [0.29, 0.717) is 19.6 Å². The van der Waals surface area contributed by atoms with Gasteiger partial charge in [-0.1, -0.05) is 121 Å². The van der Waals surface area contributed by atoms with Gasteiger partial charge in [-0.15, -0.1) is 0 Å². The summed E-state index contributed by atoms with van der Waals surface area (Å²) in [6, 6.07) is 40.8. The number of benzene rings is 4. The molecule has 0 fully saturated rings. The van der Waals surface area contributed by atoms with Crippen molar-refractivity contribution in [1.82, 2.24) is 0 Å². The smallest absolute Gasteiger partial charge is 0.201 e. The molecule has 0 aromatic heterocycles. The van der Waals surface area contributed by atoms with Crippen LogP contribution in [0.15, 0.2) is 144 Å². The molecule has 0 saturated heterocycles. The van der Waals surface area contributed by atoms with Crippen LogP contribution in [0.4, 0.5) is 5.69 Å². The Bertz CT molecular complexity index is 1280. The van der Waals surface area contributed by atoms with Crippen LogP contribution < -0.4 is 0 Å². The molecule has 1 aliphatic carbocycles. The van der Waals surface area contributed by atoms with Gasteiger partial charge in [0, 0.05) is 18.2 Å². The van der Waals surface area contributed by atoms with Crippen LogP contribution in [0.5, 0.6) is 0 Å². The molecule has 4 aromatic carbocycles. The Morgan fingerprint density at radius 1 is 0.611 bits per heavy atom. The van der Waals surface area contributed by atoms with Crippen molar-refractivity contribution in [2.75, 3.05) is 0 Å². The van der Waals surface area contributed by atoms with E-state index in [-0.39, 0.29) is 0 Å². The van der Waals surface area contributed by atoms with E-state index in [0.717, 1.165) is 33.5 Å². The van der Waals surface area contributed by atoms with Crippen LogP contribution in [0.25, 0.3) is 5.57 Å². The third-order valence-corrected chi connectivity index (χ3v) is 6.21. The maximum atomic E-state index is 6.71. The van der Waals surface area contributed by atoms with Gasteiger partial charge in [0.2, 0.25) is 5.79 Å². The second-order valence-electron chi connectivity index (χ2n) is 8.75. The summed E-state index contributed by atoms with van der Waals surface area (Å²) in [7, 11) is 0. The number of aliphatic imine (C=N–C) groups is 1. The van der Waals surface area contributed by atoms with E-state index >= 15 is 0 Å². The lowest BCUT2D eigenvalue weighted by atomic mass is 9.88. The van der Waals surface area contributed by atoms with Gasteiger partial charge in [-0.25, -0.2) is 0 Å². The summed E-state index contributed by atoms with van der Waals surface area (Å²) in [5, 5.41) is 0. The zero-order chi connectivity index (χ0) is 24.5. The van der Waals surface area contributed by atoms with Gasteiger partial charge in [0.25, 0.3) is 0 Å². The molecule has 36 heavy (non-hydrogen) atoms. The molecule has 0 spiro atoms. The predicted molar refractivity (Wildman–Crippen MR) is 147 cm³/mol. The number of hydrogen-bond donors (Lipinski definition) is 0. The van der Waals surface area contributed by atoms with Crippen LogP contribution in [0, 0.1) is 0 Å². The molecule has 0 unspecified atom stereocenters. The van der Waals surface area contributed by atoms with Crippen molar-refractivity contribution in [3.8, 4) is 0 Å². The second-order valence-corrected chi connectivity index (χ2v) is 8.75. The first kappa shape index (κ1) is 23.7. The Balaban J connectivity index is 1.52. The Kier molecular flexibility index (Phi) is 7.62. The standard InChI is InChI=1S/C33H29NO2/c1-5-13-27(14-6-1)25-35-33(36-26-28-15-7-2-8-16-28)23-30(29-17-9-3-10-18-29)21-22-31(33)24-34-32-19-11-4-12-20-32/h1-22,24H,23,25-26H2/b34-24+. The lowest BCUT2D eigenvalue weighted by Crippen LogP contribution is -2.40. The molecule has 0 atom stereocenters. The summed E-state index contributed by atoms with van der Waals surface area (Å²) >= 11 is 0. The molecule has 3 nitrogen and oxygen atoms in total. The predicted octanol–water partition coefficient (Wildman–Crippen LogP) is 7.93. The molecule has 0 heterocycles. The van der Waals surface area contributed by atoms with E-state index in [1.165, 1.54) is 0 Å². The molecule has 3 heteroatoms. The van der Waals surface area contributed by atoms with Crippen molar-refractivity contribution < 1.29 is 9.47 Å². The quantitative estimate of drug-likeness (QED) is 0.183. The normalized spacial score (nSPS) is 14.9. The lowest BCUT2D eigenvalue weighted by Gasteiger charge is -2.37. The highest BCUT2D eigenvalue weighted by Crippen LogP contribution is 2.39. The van der Waals surface area contributed by atoms with Crippen LogP contribution in [0.3, 0.4) is 0 Å². The highest BCUT2D eigenvalue weighted by molar-refractivity contribution is 5.87. The van der Waals surface area contributed by atoms with E-state index in [1.807, 2.05) is 79.0 Å². The Morgan fingerprint density at radius 2 is 1.11 bits per heavy atom.